The zero-order valence-corrected chi connectivity index (χ0v) is 15.3. The van der Waals surface area contributed by atoms with Gasteiger partial charge in [-0.2, -0.15) is 0 Å². The van der Waals surface area contributed by atoms with Crippen LogP contribution in [0.3, 0.4) is 0 Å². The van der Waals surface area contributed by atoms with Gasteiger partial charge in [-0.05, 0) is 29.2 Å². The number of hydrogen-bond acceptors (Lipinski definition) is 5. The van der Waals surface area contributed by atoms with Crippen molar-refractivity contribution in [3.05, 3.63) is 54.2 Å². The van der Waals surface area contributed by atoms with E-state index in [0.29, 0.717) is 6.54 Å². The molecule has 0 bridgehead atoms. The summed E-state index contributed by atoms with van der Waals surface area (Å²) >= 11 is 0. The van der Waals surface area contributed by atoms with E-state index in [4.69, 9.17) is 4.74 Å². The minimum absolute atomic E-state index is 0.0109. The molecule has 1 aromatic heterocycles. The van der Waals surface area contributed by atoms with Crippen LogP contribution >= 0.6 is 0 Å². The molecule has 1 heterocycles. The molecular formula is C20H29N3O2. The maximum atomic E-state index is 10.1. The largest absolute Gasteiger partial charge is 0.491 e. The molecule has 25 heavy (non-hydrogen) atoms. The molecular weight excluding hydrogens is 314 g/mol. The van der Waals surface area contributed by atoms with Gasteiger partial charge in [0.25, 0.3) is 0 Å². The lowest BCUT2D eigenvalue weighted by molar-refractivity contribution is 0.106. The maximum Gasteiger partial charge on any atom is 0.125 e. The number of nitrogens with one attached hydrogen (secondary N) is 2. The van der Waals surface area contributed by atoms with Crippen molar-refractivity contribution in [2.45, 2.75) is 32.3 Å². The van der Waals surface area contributed by atoms with Crippen LogP contribution in [0.15, 0.2) is 48.7 Å². The van der Waals surface area contributed by atoms with Gasteiger partial charge >= 0.3 is 0 Å². The summed E-state index contributed by atoms with van der Waals surface area (Å²) in [6.45, 7) is 8.71. The zero-order chi connectivity index (χ0) is 18.1. The zero-order valence-electron chi connectivity index (χ0n) is 15.3. The monoisotopic (exact) mass is 343 g/mol. The summed E-state index contributed by atoms with van der Waals surface area (Å²) in [5.41, 5.74) is 1.16. The molecule has 0 radical (unpaired) electrons. The first-order chi connectivity index (χ1) is 12.0. The normalized spacial score (nSPS) is 12.6. The highest BCUT2D eigenvalue weighted by Crippen LogP contribution is 2.30. The predicted molar refractivity (Wildman–Crippen MR) is 102 cm³/mol. The Hall–Kier alpha value is -2.11. The van der Waals surface area contributed by atoms with E-state index >= 15 is 0 Å². The van der Waals surface area contributed by atoms with E-state index < -0.39 is 6.10 Å². The molecule has 5 nitrogen and oxygen atoms in total. The molecule has 0 aliphatic rings. The van der Waals surface area contributed by atoms with Crippen LogP contribution in [0.1, 0.15) is 26.3 Å². The van der Waals surface area contributed by atoms with Crippen LogP contribution in [0.4, 0.5) is 5.82 Å². The van der Waals surface area contributed by atoms with Crippen LogP contribution < -0.4 is 15.4 Å². The van der Waals surface area contributed by atoms with Crippen molar-refractivity contribution in [3.8, 4) is 5.75 Å². The van der Waals surface area contributed by atoms with Gasteiger partial charge in [-0.3, -0.25) is 0 Å². The van der Waals surface area contributed by atoms with Gasteiger partial charge in [-0.15, -0.1) is 0 Å². The third-order valence-corrected chi connectivity index (χ3v) is 3.78. The average molecular weight is 343 g/mol. The van der Waals surface area contributed by atoms with Gasteiger partial charge < -0.3 is 20.5 Å². The van der Waals surface area contributed by atoms with Gasteiger partial charge in [-0.25, -0.2) is 4.98 Å². The Balaban J connectivity index is 1.67. The Labute approximate surface area is 150 Å². The molecule has 0 aliphatic heterocycles. The second kappa shape index (κ2) is 9.39. The Bertz CT molecular complexity index is 626. The van der Waals surface area contributed by atoms with Crippen molar-refractivity contribution in [2.24, 2.45) is 0 Å². The van der Waals surface area contributed by atoms with Crippen molar-refractivity contribution in [2.75, 3.05) is 31.6 Å². The van der Waals surface area contributed by atoms with E-state index in [1.807, 2.05) is 36.4 Å². The lowest BCUT2D eigenvalue weighted by Gasteiger charge is -2.23. The Morgan fingerprint density at radius 2 is 1.84 bits per heavy atom. The number of nitrogens with zero attached hydrogens (tertiary/aromatic N) is 1. The summed E-state index contributed by atoms with van der Waals surface area (Å²) in [6, 6.07) is 13.8. The van der Waals surface area contributed by atoms with E-state index in [0.717, 1.165) is 30.2 Å². The number of aliphatic hydroxyl groups excluding tert-OH is 1. The molecule has 2 aromatic rings. The summed E-state index contributed by atoms with van der Waals surface area (Å²) in [4.78, 5) is 4.19. The maximum absolute atomic E-state index is 10.1. The van der Waals surface area contributed by atoms with Gasteiger partial charge in [-0.1, -0.05) is 45.0 Å². The third-order valence-electron chi connectivity index (χ3n) is 3.78. The van der Waals surface area contributed by atoms with Gasteiger partial charge in [0, 0.05) is 25.8 Å². The first-order valence-corrected chi connectivity index (χ1v) is 8.73. The summed E-state index contributed by atoms with van der Waals surface area (Å²) in [7, 11) is 0. The number of hydrogen-bond donors (Lipinski definition) is 3. The fourth-order valence-electron chi connectivity index (χ4n) is 2.47. The highest BCUT2D eigenvalue weighted by atomic mass is 16.5. The molecule has 2 rings (SSSR count). The number of benzene rings is 1. The lowest BCUT2D eigenvalue weighted by atomic mass is 9.86. The van der Waals surface area contributed by atoms with E-state index in [-0.39, 0.29) is 12.0 Å². The van der Waals surface area contributed by atoms with Crippen molar-refractivity contribution in [1.29, 1.82) is 0 Å². The minimum Gasteiger partial charge on any atom is -0.491 e. The summed E-state index contributed by atoms with van der Waals surface area (Å²) in [5, 5.41) is 16.5. The Morgan fingerprint density at radius 1 is 1.08 bits per heavy atom. The average Bonchev–Trinajstić information content (AvgIpc) is 2.60. The van der Waals surface area contributed by atoms with E-state index in [1.54, 1.807) is 6.20 Å². The number of aromatic nitrogens is 1. The van der Waals surface area contributed by atoms with Crippen molar-refractivity contribution in [1.82, 2.24) is 10.3 Å². The molecule has 0 saturated heterocycles. The molecule has 0 amide bonds. The second-order valence-electron chi connectivity index (χ2n) is 7.06. The molecule has 1 unspecified atom stereocenters. The Kier molecular flexibility index (Phi) is 7.22. The number of ether oxygens (including phenoxy) is 1. The van der Waals surface area contributed by atoms with Crippen LogP contribution in [-0.2, 0) is 5.41 Å². The lowest BCUT2D eigenvalue weighted by Crippen LogP contribution is -2.34. The quantitative estimate of drug-likeness (QED) is 0.611. The highest BCUT2D eigenvalue weighted by Gasteiger charge is 2.18. The van der Waals surface area contributed by atoms with Crippen LogP contribution in [0, 0.1) is 0 Å². The van der Waals surface area contributed by atoms with Gasteiger partial charge in [0.15, 0.2) is 0 Å². The van der Waals surface area contributed by atoms with Crippen molar-refractivity contribution in [3.63, 3.8) is 0 Å². The predicted octanol–water partition coefficient (Wildman–Crippen LogP) is 2.82. The first kappa shape index (κ1) is 19.2. The fourth-order valence-corrected chi connectivity index (χ4v) is 2.47. The van der Waals surface area contributed by atoms with E-state index in [1.165, 1.54) is 0 Å². The molecule has 136 valence electrons. The highest BCUT2D eigenvalue weighted by molar-refractivity contribution is 5.38. The Morgan fingerprint density at radius 3 is 2.56 bits per heavy atom. The van der Waals surface area contributed by atoms with Crippen LogP contribution in [0.5, 0.6) is 5.75 Å². The number of aliphatic hydroxyl groups is 1. The topological polar surface area (TPSA) is 66.4 Å². The van der Waals surface area contributed by atoms with Crippen molar-refractivity contribution < 1.29 is 9.84 Å². The smallest absolute Gasteiger partial charge is 0.125 e. The molecule has 0 spiro atoms. The van der Waals surface area contributed by atoms with Gasteiger partial charge in [0.05, 0.1) is 0 Å². The SMILES string of the molecule is CC(C)(C)c1ccccc1OCC(O)CNCCNc1ccccn1. The number of rotatable bonds is 9. The molecule has 0 saturated carbocycles. The van der Waals surface area contributed by atoms with Crippen LogP contribution in [0.25, 0.3) is 0 Å². The van der Waals surface area contributed by atoms with Gasteiger partial charge in [0.1, 0.15) is 24.3 Å². The van der Waals surface area contributed by atoms with Gasteiger partial charge in [0.2, 0.25) is 0 Å². The first-order valence-electron chi connectivity index (χ1n) is 8.73. The molecule has 5 heteroatoms. The van der Waals surface area contributed by atoms with Crippen LogP contribution in [-0.4, -0.2) is 42.4 Å². The molecule has 1 aromatic carbocycles. The summed E-state index contributed by atoms with van der Waals surface area (Å²) < 4.78 is 5.84. The molecule has 3 N–H and O–H groups in total. The van der Waals surface area contributed by atoms with Crippen molar-refractivity contribution >= 4 is 5.82 Å². The summed E-state index contributed by atoms with van der Waals surface area (Å²) in [5.74, 6) is 1.69. The molecule has 1 atom stereocenters. The standard InChI is InChI=1S/C20H29N3O2/c1-20(2,3)17-8-4-5-9-18(17)25-15-16(24)14-21-12-13-23-19-10-6-7-11-22-19/h4-11,16,21,24H,12-15H2,1-3H3,(H,22,23). The second-order valence-corrected chi connectivity index (χ2v) is 7.06. The molecule has 0 fully saturated rings. The fraction of sp³-hybridized carbons (Fsp3) is 0.450. The van der Waals surface area contributed by atoms with E-state index in [9.17, 15) is 5.11 Å². The molecule has 0 aliphatic carbocycles. The van der Waals surface area contributed by atoms with E-state index in [2.05, 4.69) is 42.5 Å². The summed E-state index contributed by atoms with van der Waals surface area (Å²) in [6.07, 6.45) is 1.20. The third kappa shape index (κ3) is 6.72. The van der Waals surface area contributed by atoms with Crippen LogP contribution in [0.2, 0.25) is 0 Å². The number of pyridine rings is 1. The number of anilines is 1. The number of para-hydroxylation sites is 1. The minimum atomic E-state index is -0.553.